The normalized spacial score (nSPS) is 13.0. The van der Waals surface area contributed by atoms with E-state index in [4.69, 9.17) is 14.2 Å². The van der Waals surface area contributed by atoms with Crippen LogP contribution in [0.4, 0.5) is 0 Å². The Kier molecular flexibility index (Phi) is 59.4. The molecule has 0 amide bonds. The lowest BCUT2D eigenvalue weighted by Gasteiger charge is -2.18. The van der Waals surface area contributed by atoms with Crippen LogP contribution in [-0.2, 0) is 28.6 Å². The van der Waals surface area contributed by atoms with Crippen LogP contribution in [0.5, 0.6) is 0 Å². The molecule has 430 valence electrons. The van der Waals surface area contributed by atoms with Gasteiger partial charge in [-0.3, -0.25) is 14.4 Å². The number of hydrogen-bond acceptors (Lipinski definition) is 6. The third-order valence-electron chi connectivity index (χ3n) is 12.9. The van der Waals surface area contributed by atoms with Gasteiger partial charge in [0.15, 0.2) is 6.10 Å². The number of esters is 3. The Labute approximate surface area is 468 Å². The Balaban J connectivity index is 4.39. The summed E-state index contributed by atoms with van der Waals surface area (Å²) < 4.78 is 16.8. The average Bonchev–Trinajstić information content (AvgIpc) is 3.42. The van der Waals surface area contributed by atoms with Gasteiger partial charge in [-0.15, -0.1) is 0 Å². The number of ether oxygens (including phenoxy) is 3. The minimum absolute atomic E-state index is 0.0992. The van der Waals surface area contributed by atoms with Crippen molar-refractivity contribution in [1.82, 2.24) is 0 Å². The molecule has 0 aromatic carbocycles. The van der Waals surface area contributed by atoms with Gasteiger partial charge in [-0.05, 0) is 116 Å². The molecule has 0 spiro atoms. The first-order valence-corrected chi connectivity index (χ1v) is 31.2. The van der Waals surface area contributed by atoms with E-state index >= 15 is 0 Å². The highest BCUT2D eigenvalue weighted by atomic mass is 16.6. The van der Waals surface area contributed by atoms with Gasteiger partial charge >= 0.3 is 17.9 Å². The summed E-state index contributed by atoms with van der Waals surface area (Å²) in [7, 11) is 0. The third kappa shape index (κ3) is 60.4. The summed E-state index contributed by atoms with van der Waals surface area (Å²) in [6.07, 6.45) is 88.9. The summed E-state index contributed by atoms with van der Waals surface area (Å²) in [5, 5.41) is 0. The molecule has 1 unspecified atom stereocenters. The zero-order valence-electron chi connectivity index (χ0n) is 49.2. The molecule has 0 radical (unpaired) electrons. The van der Waals surface area contributed by atoms with Crippen molar-refractivity contribution in [3.05, 3.63) is 134 Å². The Hall–Kier alpha value is -4.45. The smallest absolute Gasteiger partial charge is 0.306 e. The maximum Gasteiger partial charge on any atom is 0.306 e. The van der Waals surface area contributed by atoms with Crippen LogP contribution in [0, 0.1) is 0 Å². The maximum absolute atomic E-state index is 12.9. The van der Waals surface area contributed by atoms with E-state index in [1.54, 1.807) is 0 Å². The number of allylic oxidation sites excluding steroid dienone is 22. The number of carbonyl (C=O) groups excluding carboxylic acids is 3. The van der Waals surface area contributed by atoms with Gasteiger partial charge in [0.25, 0.3) is 0 Å². The lowest BCUT2D eigenvalue weighted by atomic mass is 10.1. The average molecular weight is 1050 g/mol. The first kappa shape index (κ1) is 71.5. The van der Waals surface area contributed by atoms with Crippen molar-refractivity contribution in [2.75, 3.05) is 13.2 Å². The first-order chi connectivity index (χ1) is 37.5. The van der Waals surface area contributed by atoms with Crippen molar-refractivity contribution < 1.29 is 28.6 Å². The molecule has 0 saturated heterocycles. The van der Waals surface area contributed by atoms with Crippen molar-refractivity contribution in [3.8, 4) is 0 Å². The first-order valence-electron chi connectivity index (χ1n) is 31.2. The fourth-order valence-electron chi connectivity index (χ4n) is 8.24. The summed E-state index contributed by atoms with van der Waals surface area (Å²) in [6.45, 7) is 6.44. The van der Waals surface area contributed by atoms with Gasteiger partial charge < -0.3 is 14.2 Å². The molecular formula is C70H114O6. The van der Waals surface area contributed by atoms with Crippen LogP contribution >= 0.6 is 0 Å². The molecule has 6 heteroatoms. The lowest BCUT2D eigenvalue weighted by molar-refractivity contribution is -0.167. The van der Waals surface area contributed by atoms with E-state index in [-0.39, 0.29) is 37.5 Å². The molecule has 0 aliphatic rings. The largest absolute Gasteiger partial charge is 0.462 e. The Bertz CT molecular complexity index is 1630. The molecule has 0 aromatic rings. The molecule has 0 aromatic heterocycles. The van der Waals surface area contributed by atoms with E-state index in [9.17, 15) is 14.4 Å². The molecule has 76 heavy (non-hydrogen) atoms. The molecule has 6 nitrogen and oxygen atoms in total. The Morgan fingerprint density at radius 1 is 0.276 bits per heavy atom. The van der Waals surface area contributed by atoms with Gasteiger partial charge in [-0.25, -0.2) is 0 Å². The van der Waals surface area contributed by atoms with E-state index in [1.165, 1.54) is 116 Å². The lowest BCUT2D eigenvalue weighted by Crippen LogP contribution is -2.30. The number of hydrogen-bond donors (Lipinski definition) is 0. The predicted octanol–water partition coefficient (Wildman–Crippen LogP) is 21.4. The standard InChI is InChI=1S/C70H114O6/c1-4-7-10-13-16-19-22-24-26-28-30-31-32-33-34-35-36-37-38-39-41-42-44-46-48-51-54-57-60-63-69(72)75-66-67(65-74-68(71)62-59-56-53-50-21-18-15-12-9-6-3)76-70(73)64-61-58-55-52-49-47-45-43-40-29-27-25-23-20-17-14-11-8-5-2/h7,10,16-17,19-20,24-27,30-31,33-34,36-37,39,41,44,46,51,54,67H,4-6,8-9,11-15,18,21-23,28-29,32,35,38,40,42-43,45,47-50,52-53,55-66H2,1-3H3/b10-7-,19-16-,20-17-,26-24-,27-25-,31-30-,34-33-,37-36-,41-39-,46-44-,54-51-. The molecule has 0 bridgehead atoms. The van der Waals surface area contributed by atoms with E-state index in [0.29, 0.717) is 19.3 Å². The second-order valence-electron chi connectivity index (χ2n) is 20.2. The minimum Gasteiger partial charge on any atom is -0.462 e. The van der Waals surface area contributed by atoms with Gasteiger partial charge in [-0.2, -0.15) is 0 Å². The Morgan fingerprint density at radius 2 is 0.526 bits per heavy atom. The number of unbranched alkanes of at least 4 members (excludes halogenated alkanes) is 22. The van der Waals surface area contributed by atoms with Crippen molar-refractivity contribution in [2.24, 2.45) is 0 Å². The monoisotopic (exact) mass is 1050 g/mol. The van der Waals surface area contributed by atoms with Crippen molar-refractivity contribution in [1.29, 1.82) is 0 Å². The van der Waals surface area contributed by atoms with Crippen molar-refractivity contribution >= 4 is 17.9 Å². The van der Waals surface area contributed by atoms with Gasteiger partial charge in [-0.1, -0.05) is 270 Å². The van der Waals surface area contributed by atoms with Gasteiger partial charge in [0.1, 0.15) is 13.2 Å². The fourth-order valence-corrected chi connectivity index (χ4v) is 8.24. The predicted molar refractivity (Wildman–Crippen MR) is 329 cm³/mol. The molecule has 0 aliphatic carbocycles. The van der Waals surface area contributed by atoms with Crippen LogP contribution in [0.2, 0.25) is 0 Å². The van der Waals surface area contributed by atoms with E-state index in [2.05, 4.69) is 154 Å². The topological polar surface area (TPSA) is 78.9 Å². The summed E-state index contributed by atoms with van der Waals surface area (Å²) >= 11 is 0. The highest BCUT2D eigenvalue weighted by Gasteiger charge is 2.19. The van der Waals surface area contributed by atoms with Crippen LogP contribution < -0.4 is 0 Å². The van der Waals surface area contributed by atoms with E-state index in [0.717, 1.165) is 109 Å². The molecule has 0 aliphatic heterocycles. The molecular weight excluding hydrogens is 937 g/mol. The van der Waals surface area contributed by atoms with Crippen LogP contribution in [0.15, 0.2) is 134 Å². The molecule has 0 fully saturated rings. The summed E-state index contributed by atoms with van der Waals surface area (Å²) in [5.74, 6) is -0.967. The maximum atomic E-state index is 12.9. The van der Waals surface area contributed by atoms with Crippen molar-refractivity contribution in [3.63, 3.8) is 0 Å². The molecule has 0 saturated carbocycles. The zero-order chi connectivity index (χ0) is 55.0. The molecule has 0 N–H and O–H groups in total. The highest BCUT2D eigenvalue weighted by Crippen LogP contribution is 2.15. The van der Waals surface area contributed by atoms with Crippen LogP contribution in [-0.4, -0.2) is 37.2 Å². The highest BCUT2D eigenvalue weighted by molar-refractivity contribution is 5.71. The number of carbonyl (C=O) groups is 3. The molecule has 0 heterocycles. The minimum atomic E-state index is -0.807. The summed E-state index contributed by atoms with van der Waals surface area (Å²) in [6, 6.07) is 0. The second-order valence-corrected chi connectivity index (χ2v) is 20.2. The fraction of sp³-hybridized carbons (Fsp3) is 0.643. The second kappa shape index (κ2) is 63.1. The van der Waals surface area contributed by atoms with Crippen LogP contribution in [0.25, 0.3) is 0 Å². The third-order valence-corrected chi connectivity index (χ3v) is 12.9. The van der Waals surface area contributed by atoms with Crippen molar-refractivity contribution in [2.45, 2.75) is 277 Å². The van der Waals surface area contributed by atoms with Crippen LogP contribution in [0.1, 0.15) is 271 Å². The quantitative estimate of drug-likeness (QED) is 0.0261. The van der Waals surface area contributed by atoms with Gasteiger partial charge in [0.2, 0.25) is 0 Å². The zero-order valence-corrected chi connectivity index (χ0v) is 49.2. The summed E-state index contributed by atoms with van der Waals surface area (Å²) in [4.78, 5) is 38.2. The molecule has 0 rings (SSSR count). The summed E-state index contributed by atoms with van der Waals surface area (Å²) in [5.41, 5.74) is 0. The van der Waals surface area contributed by atoms with E-state index in [1.807, 2.05) is 0 Å². The SMILES string of the molecule is CC/C=C\C/C=C\C/C=C\C/C=C\C/C=C\C/C=C\C/C=C\C/C=C\C/C=C\CCCC(=O)OCC(COC(=O)CCCCCCCCCCCC)OC(=O)CCCCCCCCCCC/C=C\C/C=C\CCCCC. The molecule has 1 atom stereocenters. The van der Waals surface area contributed by atoms with Gasteiger partial charge in [0, 0.05) is 19.3 Å². The number of rotatable bonds is 55. The Morgan fingerprint density at radius 3 is 0.882 bits per heavy atom. The van der Waals surface area contributed by atoms with Crippen LogP contribution in [0.3, 0.4) is 0 Å². The van der Waals surface area contributed by atoms with E-state index < -0.39 is 6.10 Å². The van der Waals surface area contributed by atoms with Gasteiger partial charge in [0.05, 0.1) is 0 Å².